The predicted octanol–water partition coefficient (Wildman–Crippen LogP) is 4.79. The van der Waals surface area contributed by atoms with Crippen molar-refractivity contribution in [3.8, 4) is 0 Å². The van der Waals surface area contributed by atoms with Crippen molar-refractivity contribution in [2.75, 3.05) is 6.54 Å². The SMILES string of the molecule is O=S(=O)(c1ccccc1F)N1CCCCC[C@@H]1c1ccc(Cl)cc1. The van der Waals surface area contributed by atoms with Crippen LogP contribution in [0, 0.1) is 5.82 Å². The van der Waals surface area contributed by atoms with Gasteiger partial charge in [0.25, 0.3) is 0 Å². The molecule has 128 valence electrons. The Hall–Kier alpha value is -1.43. The molecule has 6 heteroatoms. The van der Waals surface area contributed by atoms with Gasteiger partial charge in [-0.2, -0.15) is 4.31 Å². The summed E-state index contributed by atoms with van der Waals surface area (Å²) < 4.78 is 41.7. The van der Waals surface area contributed by atoms with Crippen molar-refractivity contribution in [2.24, 2.45) is 0 Å². The number of hydrogen-bond donors (Lipinski definition) is 0. The largest absolute Gasteiger partial charge is 0.246 e. The van der Waals surface area contributed by atoms with Gasteiger partial charge in [0.05, 0.1) is 6.04 Å². The van der Waals surface area contributed by atoms with Crippen LogP contribution in [0.1, 0.15) is 37.3 Å². The van der Waals surface area contributed by atoms with Crippen LogP contribution in [0.3, 0.4) is 0 Å². The Labute approximate surface area is 147 Å². The van der Waals surface area contributed by atoms with Crippen LogP contribution in [0.2, 0.25) is 5.02 Å². The second-order valence-corrected chi connectivity index (χ2v) is 8.26. The number of hydrogen-bond acceptors (Lipinski definition) is 2. The Bertz CT molecular complexity index is 808. The van der Waals surface area contributed by atoms with Gasteiger partial charge in [-0.1, -0.05) is 48.7 Å². The van der Waals surface area contributed by atoms with Crippen LogP contribution in [0.5, 0.6) is 0 Å². The Morgan fingerprint density at radius 2 is 1.71 bits per heavy atom. The Kier molecular flexibility index (Phi) is 5.23. The molecule has 1 saturated heterocycles. The third kappa shape index (κ3) is 3.48. The summed E-state index contributed by atoms with van der Waals surface area (Å²) in [5.41, 5.74) is 0.890. The summed E-state index contributed by atoms with van der Waals surface area (Å²) in [6, 6.07) is 12.5. The van der Waals surface area contributed by atoms with Gasteiger partial charge in [-0.3, -0.25) is 0 Å². The van der Waals surface area contributed by atoms with Crippen LogP contribution < -0.4 is 0 Å². The lowest BCUT2D eigenvalue weighted by atomic mass is 10.0. The first-order valence-electron chi connectivity index (χ1n) is 8.02. The summed E-state index contributed by atoms with van der Waals surface area (Å²) in [4.78, 5) is -0.258. The summed E-state index contributed by atoms with van der Waals surface area (Å²) in [6.45, 7) is 0.393. The molecule has 0 radical (unpaired) electrons. The van der Waals surface area contributed by atoms with Crippen LogP contribution in [-0.2, 0) is 10.0 Å². The van der Waals surface area contributed by atoms with E-state index in [4.69, 9.17) is 11.6 Å². The van der Waals surface area contributed by atoms with Crippen LogP contribution in [0.25, 0.3) is 0 Å². The van der Waals surface area contributed by atoms with E-state index >= 15 is 0 Å². The van der Waals surface area contributed by atoms with Crippen molar-refractivity contribution in [1.82, 2.24) is 4.31 Å². The van der Waals surface area contributed by atoms with E-state index < -0.39 is 15.8 Å². The van der Waals surface area contributed by atoms with Gasteiger partial charge in [0, 0.05) is 11.6 Å². The first-order chi connectivity index (χ1) is 11.5. The third-order valence-corrected chi connectivity index (χ3v) is 6.58. The highest BCUT2D eigenvalue weighted by Gasteiger charge is 2.34. The van der Waals surface area contributed by atoms with Crippen LogP contribution in [0.4, 0.5) is 4.39 Å². The molecule has 0 bridgehead atoms. The number of halogens is 2. The second-order valence-electron chi connectivity index (χ2n) is 5.96. The van der Waals surface area contributed by atoms with Gasteiger partial charge < -0.3 is 0 Å². The van der Waals surface area contributed by atoms with E-state index in [0.717, 1.165) is 31.2 Å². The van der Waals surface area contributed by atoms with Gasteiger partial charge in [-0.05, 0) is 42.7 Å². The highest BCUT2D eigenvalue weighted by Crippen LogP contribution is 2.35. The van der Waals surface area contributed by atoms with Crippen molar-refractivity contribution < 1.29 is 12.8 Å². The van der Waals surface area contributed by atoms with Crippen molar-refractivity contribution >= 4 is 21.6 Å². The molecule has 2 aromatic carbocycles. The topological polar surface area (TPSA) is 37.4 Å². The zero-order chi connectivity index (χ0) is 17.2. The summed E-state index contributed by atoms with van der Waals surface area (Å²) >= 11 is 5.94. The maximum Gasteiger partial charge on any atom is 0.246 e. The molecule has 2 aromatic rings. The molecule has 3 rings (SSSR count). The van der Waals surface area contributed by atoms with Gasteiger partial charge in [-0.15, -0.1) is 0 Å². The maximum absolute atomic E-state index is 14.1. The average Bonchev–Trinajstić information content (AvgIpc) is 2.82. The first-order valence-corrected chi connectivity index (χ1v) is 9.84. The van der Waals surface area contributed by atoms with E-state index in [0.29, 0.717) is 11.6 Å². The number of nitrogens with zero attached hydrogens (tertiary/aromatic N) is 1. The fraction of sp³-hybridized carbons (Fsp3) is 0.333. The van der Waals surface area contributed by atoms with Crippen LogP contribution >= 0.6 is 11.6 Å². The van der Waals surface area contributed by atoms with Crippen molar-refractivity contribution in [2.45, 2.75) is 36.6 Å². The smallest absolute Gasteiger partial charge is 0.207 e. The third-order valence-electron chi connectivity index (χ3n) is 4.38. The molecule has 0 saturated carbocycles. The molecular weight excluding hydrogens is 349 g/mol. The van der Waals surface area contributed by atoms with E-state index in [1.807, 2.05) is 12.1 Å². The van der Waals surface area contributed by atoms with E-state index in [2.05, 4.69) is 0 Å². The minimum Gasteiger partial charge on any atom is -0.207 e. The molecule has 0 spiro atoms. The lowest BCUT2D eigenvalue weighted by Crippen LogP contribution is -2.35. The molecule has 1 aliphatic heterocycles. The van der Waals surface area contributed by atoms with Gasteiger partial charge in [0.1, 0.15) is 10.7 Å². The maximum atomic E-state index is 14.1. The lowest BCUT2D eigenvalue weighted by molar-refractivity contribution is 0.327. The monoisotopic (exact) mass is 367 g/mol. The molecule has 0 unspecified atom stereocenters. The van der Waals surface area contributed by atoms with Crippen molar-refractivity contribution in [3.63, 3.8) is 0 Å². The second kappa shape index (κ2) is 7.21. The fourth-order valence-electron chi connectivity index (χ4n) is 3.17. The van der Waals surface area contributed by atoms with Gasteiger partial charge in [0.15, 0.2) is 0 Å². The van der Waals surface area contributed by atoms with Gasteiger partial charge >= 0.3 is 0 Å². The lowest BCUT2D eigenvalue weighted by Gasteiger charge is -2.29. The predicted molar refractivity (Wildman–Crippen MR) is 93.0 cm³/mol. The van der Waals surface area contributed by atoms with E-state index in [1.54, 1.807) is 18.2 Å². The van der Waals surface area contributed by atoms with Gasteiger partial charge in [-0.25, -0.2) is 12.8 Å². The zero-order valence-corrected chi connectivity index (χ0v) is 14.7. The van der Waals surface area contributed by atoms with Crippen LogP contribution in [0.15, 0.2) is 53.4 Å². The quantitative estimate of drug-likeness (QED) is 0.782. The van der Waals surface area contributed by atoms with E-state index in [9.17, 15) is 12.8 Å². The molecule has 0 aromatic heterocycles. The normalized spacial score (nSPS) is 19.8. The highest BCUT2D eigenvalue weighted by molar-refractivity contribution is 7.89. The average molecular weight is 368 g/mol. The minimum atomic E-state index is -3.90. The van der Waals surface area contributed by atoms with E-state index in [-0.39, 0.29) is 10.9 Å². The fourth-order valence-corrected chi connectivity index (χ4v) is 5.04. The first kappa shape index (κ1) is 17.4. The van der Waals surface area contributed by atoms with Crippen molar-refractivity contribution in [1.29, 1.82) is 0 Å². The molecule has 1 heterocycles. The molecule has 3 nitrogen and oxygen atoms in total. The molecule has 0 N–H and O–H groups in total. The molecule has 0 aliphatic carbocycles. The molecule has 1 fully saturated rings. The Morgan fingerprint density at radius 3 is 2.42 bits per heavy atom. The van der Waals surface area contributed by atoms with Crippen molar-refractivity contribution in [3.05, 3.63) is 64.9 Å². The Balaban J connectivity index is 2.04. The summed E-state index contributed by atoms with van der Waals surface area (Å²) in [5, 5.41) is 0.607. The summed E-state index contributed by atoms with van der Waals surface area (Å²) in [7, 11) is -3.90. The molecule has 24 heavy (non-hydrogen) atoms. The molecule has 0 amide bonds. The number of benzene rings is 2. The van der Waals surface area contributed by atoms with E-state index in [1.165, 1.54) is 22.5 Å². The Morgan fingerprint density at radius 1 is 1.00 bits per heavy atom. The standard InChI is InChI=1S/C18H19ClFNO2S/c19-15-11-9-14(10-12-15)17-7-2-1-5-13-21(17)24(22,23)18-8-4-3-6-16(18)20/h3-4,6,8-12,17H,1-2,5,7,13H2/t17-/m1/s1. The minimum absolute atomic E-state index is 0.258. The zero-order valence-electron chi connectivity index (χ0n) is 13.2. The molecular formula is C18H19ClFNO2S. The van der Waals surface area contributed by atoms with Gasteiger partial charge in [0.2, 0.25) is 10.0 Å². The molecule has 1 aliphatic rings. The summed E-state index contributed by atoms with van der Waals surface area (Å²) in [5.74, 6) is -0.711. The summed E-state index contributed by atoms with van der Waals surface area (Å²) in [6.07, 6.45) is 3.40. The van der Waals surface area contributed by atoms with Crippen LogP contribution in [-0.4, -0.2) is 19.3 Å². The molecule has 1 atom stereocenters. The highest BCUT2D eigenvalue weighted by atomic mass is 35.5. The number of sulfonamides is 1. The number of rotatable bonds is 3.